The molecule has 3 nitrogen and oxygen atoms in total. The molecule has 1 aromatic heterocycles. The van der Waals surface area contributed by atoms with E-state index in [1.54, 1.807) is 25.6 Å². The van der Waals surface area contributed by atoms with Crippen molar-refractivity contribution in [2.45, 2.75) is 13.0 Å². The second-order valence-corrected chi connectivity index (χ2v) is 7.59. The normalized spacial score (nSPS) is 12.2. The molecule has 0 spiro atoms. The molecule has 2 aromatic rings. The molecule has 1 heterocycles. The highest BCUT2D eigenvalue weighted by atomic mass is 79.9. The van der Waals surface area contributed by atoms with Gasteiger partial charge in [-0.05, 0) is 56.6 Å². The number of methoxy groups -OCH3 is 2. The number of halogens is 2. The van der Waals surface area contributed by atoms with Crippen LogP contribution in [0.15, 0.2) is 32.5 Å². The predicted molar refractivity (Wildman–Crippen MR) is 94.8 cm³/mol. The van der Waals surface area contributed by atoms with Gasteiger partial charge in [-0.15, -0.1) is 11.3 Å². The van der Waals surface area contributed by atoms with Crippen molar-refractivity contribution >= 4 is 43.2 Å². The highest BCUT2D eigenvalue weighted by molar-refractivity contribution is 9.13. The SMILES string of the molecule is CCNC(c1cc(Br)c(Br)s1)c1c(OC)cccc1OC. The smallest absolute Gasteiger partial charge is 0.127 e. The van der Waals surface area contributed by atoms with E-state index in [9.17, 15) is 0 Å². The van der Waals surface area contributed by atoms with E-state index < -0.39 is 0 Å². The topological polar surface area (TPSA) is 30.5 Å². The molecule has 0 aliphatic heterocycles. The zero-order valence-corrected chi connectivity index (χ0v) is 16.1. The fraction of sp³-hybridized carbons (Fsp3) is 0.333. The van der Waals surface area contributed by atoms with Gasteiger partial charge in [0.2, 0.25) is 0 Å². The maximum Gasteiger partial charge on any atom is 0.127 e. The Kier molecular flexibility index (Phi) is 6.10. The van der Waals surface area contributed by atoms with Crippen LogP contribution in [0.5, 0.6) is 11.5 Å². The van der Waals surface area contributed by atoms with Gasteiger partial charge in [-0.3, -0.25) is 0 Å². The number of thiophene rings is 1. The Bertz CT molecular complexity index is 574. The Morgan fingerprint density at radius 1 is 1.19 bits per heavy atom. The molecule has 1 aromatic carbocycles. The minimum atomic E-state index is 0.0219. The minimum Gasteiger partial charge on any atom is -0.496 e. The summed E-state index contributed by atoms with van der Waals surface area (Å²) >= 11 is 8.80. The fourth-order valence-electron chi connectivity index (χ4n) is 2.22. The van der Waals surface area contributed by atoms with E-state index >= 15 is 0 Å². The Balaban J connectivity index is 2.57. The summed E-state index contributed by atoms with van der Waals surface area (Å²) in [4.78, 5) is 1.19. The summed E-state index contributed by atoms with van der Waals surface area (Å²) in [5.74, 6) is 1.64. The van der Waals surface area contributed by atoms with Gasteiger partial charge in [0.25, 0.3) is 0 Å². The molecule has 0 saturated carbocycles. The maximum absolute atomic E-state index is 5.53. The highest BCUT2D eigenvalue weighted by Gasteiger charge is 2.24. The number of ether oxygens (including phenoxy) is 2. The van der Waals surface area contributed by atoms with Gasteiger partial charge in [-0.2, -0.15) is 0 Å². The summed E-state index contributed by atoms with van der Waals surface area (Å²) in [5.41, 5.74) is 1.02. The first-order valence-electron chi connectivity index (χ1n) is 6.51. The quantitative estimate of drug-likeness (QED) is 0.694. The van der Waals surface area contributed by atoms with Gasteiger partial charge in [-0.25, -0.2) is 0 Å². The van der Waals surface area contributed by atoms with E-state index in [2.05, 4.69) is 50.2 Å². The van der Waals surface area contributed by atoms with Crippen LogP contribution >= 0.6 is 43.2 Å². The number of nitrogens with one attached hydrogen (secondary N) is 1. The van der Waals surface area contributed by atoms with Gasteiger partial charge in [0, 0.05) is 9.35 Å². The standard InChI is InChI=1S/C15H17Br2NO2S/c1-4-18-14(12-8-9(16)15(17)21-12)13-10(19-2)6-5-7-11(13)20-3/h5-8,14,18H,4H2,1-3H3. The third-order valence-electron chi connectivity index (χ3n) is 3.11. The van der Waals surface area contributed by atoms with E-state index in [0.29, 0.717) is 0 Å². The van der Waals surface area contributed by atoms with E-state index in [1.807, 2.05) is 18.2 Å². The second-order valence-electron chi connectivity index (χ2n) is 4.34. The summed E-state index contributed by atoms with van der Waals surface area (Å²) in [6.07, 6.45) is 0. The molecule has 0 aliphatic carbocycles. The zero-order valence-electron chi connectivity index (χ0n) is 12.1. The van der Waals surface area contributed by atoms with Crippen LogP contribution in [0.1, 0.15) is 23.4 Å². The van der Waals surface area contributed by atoms with Gasteiger partial charge in [0.05, 0.1) is 29.6 Å². The van der Waals surface area contributed by atoms with Crippen molar-refractivity contribution in [2.24, 2.45) is 0 Å². The molecule has 2 rings (SSSR count). The van der Waals surface area contributed by atoms with Gasteiger partial charge >= 0.3 is 0 Å². The largest absolute Gasteiger partial charge is 0.496 e. The molecule has 1 N–H and O–H groups in total. The lowest BCUT2D eigenvalue weighted by Gasteiger charge is -2.22. The lowest BCUT2D eigenvalue weighted by atomic mass is 10.0. The summed E-state index contributed by atoms with van der Waals surface area (Å²) < 4.78 is 13.2. The van der Waals surface area contributed by atoms with Crippen molar-refractivity contribution in [3.8, 4) is 11.5 Å². The Hall–Kier alpha value is -0.560. The number of hydrogen-bond donors (Lipinski definition) is 1. The first-order chi connectivity index (χ1) is 10.1. The molecular formula is C15H17Br2NO2S. The predicted octanol–water partition coefficient (Wildman–Crippen LogP) is 4.99. The monoisotopic (exact) mass is 433 g/mol. The van der Waals surface area contributed by atoms with Gasteiger partial charge in [0.1, 0.15) is 11.5 Å². The minimum absolute atomic E-state index is 0.0219. The lowest BCUT2D eigenvalue weighted by molar-refractivity contribution is 0.378. The first kappa shape index (κ1) is 16.8. The first-order valence-corrected chi connectivity index (χ1v) is 8.91. The Morgan fingerprint density at radius 2 is 1.81 bits per heavy atom. The highest BCUT2D eigenvalue weighted by Crippen LogP contribution is 2.42. The molecule has 6 heteroatoms. The molecule has 0 saturated heterocycles. The molecule has 114 valence electrons. The Labute approximate surface area is 145 Å². The molecule has 1 unspecified atom stereocenters. The van der Waals surface area contributed by atoms with Crippen LogP contribution in [0, 0.1) is 0 Å². The number of hydrogen-bond acceptors (Lipinski definition) is 4. The van der Waals surface area contributed by atoms with Crippen molar-refractivity contribution in [2.75, 3.05) is 20.8 Å². The Morgan fingerprint density at radius 3 is 2.24 bits per heavy atom. The molecule has 0 aliphatic rings. The fourth-order valence-corrected chi connectivity index (χ4v) is 4.39. The van der Waals surface area contributed by atoms with Crippen LogP contribution < -0.4 is 14.8 Å². The summed E-state index contributed by atoms with van der Waals surface area (Å²) in [7, 11) is 3.36. The van der Waals surface area contributed by atoms with Crippen LogP contribution in [-0.2, 0) is 0 Å². The number of benzene rings is 1. The van der Waals surface area contributed by atoms with Crippen LogP contribution in [0.25, 0.3) is 0 Å². The summed E-state index contributed by atoms with van der Waals surface area (Å²) in [6.45, 7) is 2.94. The molecule has 1 atom stereocenters. The van der Waals surface area contributed by atoms with Crippen molar-refractivity contribution < 1.29 is 9.47 Å². The van der Waals surface area contributed by atoms with E-state index in [0.717, 1.165) is 31.9 Å². The van der Waals surface area contributed by atoms with Crippen molar-refractivity contribution in [1.82, 2.24) is 5.32 Å². The van der Waals surface area contributed by atoms with Crippen LogP contribution in [0.2, 0.25) is 0 Å². The van der Waals surface area contributed by atoms with Crippen LogP contribution in [0.3, 0.4) is 0 Å². The molecule has 0 amide bonds. The van der Waals surface area contributed by atoms with Crippen LogP contribution in [-0.4, -0.2) is 20.8 Å². The molecular weight excluding hydrogens is 418 g/mol. The van der Waals surface area contributed by atoms with E-state index in [1.165, 1.54) is 4.88 Å². The second kappa shape index (κ2) is 7.63. The number of rotatable bonds is 6. The average molecular weight is 435 g/mol. The molecule has 21 heavy (non-hydrogen) atoms. The van der Waals surface area contributed by atoms with E-state index in [-0.39, 0.29) is 6.04 Å². The summed E-state index contributed by atoms with van der Waals surface area (Å²) in [5, 5.41) is 3.51. The third-order valence-corrected chi connectivity index (χ3v) is 6.43. The van der Waals surface area contributed by atoms with Gasteiger partial charge in [0.15, 0.2) is 0 Å². The van der Waals surface area contributed by atoms with Crippen molar-refractivity contribution in [1.29, 1.82) is 0 Å². The lowest BCUT2D eigenvalue weighted by Crippen LogP contribution is -2.22. The molecule has 0 fully saturated rings. The van der Waals surface area contributed by atoms with Gasteiger partial charge < -0.3 is 14.8 Å². The summed E-state index contributed by atoms with van der Waals surface area (Å²) in [6, 6.07) is 7.99. The van der Waals surface area contributed by atoms with Crippen LogP contribution in [0.4, 0.5) is 0 Å². The van der Waals surface area contributed by atoms with E-state index in [4.69, 9.17) is 9.47 Å². The zero-order chi connectivity index (χ0) is 15.4. The maximum atomic E-state index is 5.53. The molecule has 0 bridgehead atoms. The molecule has 0 radical (unpaired) electrons. The van der Waals surface area contributed by atoms with Crippen molar-refractivity contribution in [3.05, 3.63) is 43.0 Å². The average Bonchev–Trinajstić information content (AvgIpc) is 2.83. The van der Waals surface area contributed by atoms with Gasteiger partial charge in [-0.1, -0.05) is 13.0 Å². The third kappa shape index (κ3) is 3.62. The van der Waals surface area contributed by atoms with Crippen molar-refractivity contribution in [3.63, 3.8) is 0 Å².